The molecule has 1 unspecified atom stereocenters. The van der Waals surface area contributed by atoms with Crippen LogP contribution >= 0.6 is 11.6 Å². The summed E-state index contributed by atoms with van der Waals surface area (Å²) in [4.78, 5) is 17.0. The molecular formula is C17H22ClFN2O2. The number of rotatable bonds is 3. The van der Waals surface area contributed by atoms with Gasteiger partial charge in [-0.15, -0.1) is 0 Å². The SMILES string of the molecule is O=C(c1ccc(Cl)c(F)c1)N1CCCCC1CN1CCOCC1. The van der Waals surface area contributed by atoms with Gasteiger partial charge in [-0.25, -0.2) is 4.39 Å². The van der Waals surface area contributed by atoms with Crippen LogP contribution in [-0.2, 0) is 4.74 Å². The molecule has 0 bridgehead atoms. The molecule has 2 saturated heterocycles. The lowest BCUT2D eigenvalue weighted by atomic mass is 10.00. The Bertz CT molecular complexity index is 564. The van der Waals surface area contributed by atoms with Gasteiger partial charge in [-0.2, -0.15) is 0 Å². The van der Waals surface area contributed by atoms with E-state index in [2.05, 4.69) is 4.90 Å². The lowest BCUT2D eigenvalue weighted by molar-refractivity contribution is 0.0166. The molecule has 1 aromatic carbocycles. The fourth-order valence-electron chi connectivity index (χ4n) is 3.33. The van der Waals surface area contributed by atoms with Crippen molar-refractivity contribution in [2.24, 2.45) is 0 Å². The Balaban J connectivity index is 1.71. The molecule has 0 spiro atoms. The minimum Gasteiger partial charge on any atom is -0.379 e. The summed E-state index contributed by atoms with van der Waals surface area (Å²) in [6, 6.07) is 4.48. The maximum atomic E-state index is 13.7. The van der Waals surface area contributed by atoms with Crippen molar-refractivity contribution in [1.29, 1.82) is 0 Å². The number of morpholine rings is 1. The van der Waals surface area contributed by atoms with Crippen molar-refractivity contribution in [2.75, 3.05) is 39.4 Å². The van der Waals surface area contributed by atoms with Crippen LogP contribution in [0.1, 0.15) is 29.6 Å². The molecular weight excluding hydrogens is 319 g/mol. The molecule has 0 aliphatic carbocycles. The van der Waals surface area contributed by atoms with E-state index in [0.29, 0.717) is 5.56 Å². The number of ether oxygens (including phenoxy) is 1. The molecule has 126 valence electrons. The highest BCUT2D eigenvalue weighted by molar-refractivity contribution is 6.30. The molecule has 0 radical (unpaired) electrons. The lowest BCUT2D eigenvalue weighted by Crippen LogP contribution is -2.51. The summed E-state index contributed by atoms with van der Waals surface area (Å²) < 4.78 is 19.0. The molecule has 0 saturated carbocycles. The van der Waals surface area contributed by atoms with E-state index in [9.17, 15) is 9.18 Å². The van der Waals surface area contributed by atoms with E-state index >= 15 is 0 Å². The highest BCUT2D eigenvalue weighted by atomic mass is 35.5. The molecule has 2 heterocycles. The van der Waals surface area contributed by atoms with Crippen molar-refractivity contribution in [3.8, 4) is 0 Å². The lowest BCUT2D eigenvalue weighted by Gasteiger charge is -2.39. The molecule has 2 aliphatic heterocycles. The van der Waals surface area contributed by atoms with E-state index in [4.69, 9.17) is 16.3 Å². The molecule has 0 aromatic heterocycles. The minimum absolute atomic E-state index is 0.0464. The van der Waals surface area contributed by atoms with Crippen molar-refractivity contribution >= 4 is 17.5 Å². The summed E-state index contributed by atoms with van der Waals surface area (Å²) in [6.45, 7) is 4.93. The number of carbonyl (C=O) groups is 1. The highest BCUT2D eigenvalue weighted by Gasteiger charge is 2.29. The molecule has 1 amide bonds. The van der Waals surface area contributed by atoms with Crippen LogP contribution in [0.15, 0.2) is 18.2 Å². The van der Waals surface area contributed by atoms with Crippen molar-refractivity contribution in [3.05, 3.63) is 34.6 Å². The predicted octanol–water partition coefficient (Wildman–Crippen LogP) is 2.81. The van der Waals surface area contributed by atoms with Gasteiger partial charge in [0.25, 0.3) is 5.91 Å². The molecule has 6 heteroatoms. The summed E-state index contributed by atoms with van der Waals surface area (Å²) >= 11 is 5.71. The second-order valence-corrected chi connectivity index (χ2v) is 6.60. The zero-order chi connectivity index (χ0) is 16.2. The van der Waals surface area contributed by atoms with E-state index in [1.165, 1.54) is 12.1 Å². The maximum absolute atomic E-state index is 13.7. The summed E-state index contributed by atoms with van der Waals surface area (Å²) in [5, 5.41) is 0.0464. The van der Waals surface area contributed by atoms with E-state index < -0.39 is 5.82 Å². The largest absolute Gasteiger partial charge is 0.379 e. The third-order valence-corrected chi connectivity index (χ3v) is 4.93. The van der Waals surface area contributed by atoms with Crippen molar-refractivity contribution in [1.82, 2.24) is 9.80 Å². The zero-order valence-corrected chi connectivity index (χ0v) is 13.9. The number of benzene rings is 1. The third-order valence-electron chi connectivity index (χ3n) is 4.63. The number of piperidine rings is 1. The topological polar surface area (TPSA) is 32.8 Å². The fourth-order valence-corrected chi connectivity index (χ4v) is 3.45. The van der Waals surface area contributed by atoms with Gasteiger partial charge >= 0.3 is 0 Å². The van der Waals surface area contributed by atoms with Crippen molar-refractivity contribution in [3.63, 3.8) is 0 Å². The number of likely N-dealkylation sites (tertiary alicyclic amines) is 1. The van der Waals surface area contributed by atoms with Crippen LogP contribution in [0.4, 0.5) is 4.39 Å². The van der Waals surface area contributed by atoms with Gasteiger partial charge in [-0.05, 0) is 37.5 Å². The van der Waals surface area contributed by atoms with Gasteiger partial charge in [0.1, 0.15) is 5.82 Å². The van der Waals surface area contributed by atoms with Gasteiger partial charge < -0.3 is 9.64 Å². The van der Waals surface area contributed by atoms with Gasteiger partial charge in [-0.3, -0.25) is 9.69 Å². The van der Waals surface area contributed by atoms with E-state index in [1.54, 1.807) is 6.07 Å². The molecule has 4 nitrogen and oxygen atoms in total. The average molecular weight is 341 g/mol. The van der Waals surface area contributed by atoms with Gasteiger partial charge in [0.2, 0.25) is 0 Å². The normalized spacial score (nSPS) is 23.0. The molecule has 2 fully saturated rings. The standard InChI is InChI=1S/C17H22ClFN2O2/c18-15-5-4-13(11-16(15)19)17(22)21-6-2-1-3-14(21)12-20-7-9-23-10-8-20/h4-5,11,14H,1-3,6-10,12H2. The molecule has 2 aliphatic rings. The van der Waals surface area contributed by atoms with Crippen LogP contribution in [0.3, 0.4) is 0 Å². The number of hydrogen-bond acceptors (Lipinski definition) is 3. The van der Waals surface area contributed by atoms with Gasteiger partial charge in [0.15, 0.2) is 0 Å². The first-order valence-corrected chi connectivity index (χ1v) is 8.59. The number of nitrogens with zero attached hydrogens (tertiary/aromatic N) is 2. The monoisotopic (exact) mass is 340 g/mol. The number of amides is 1. The van der Waals surface area contributed by atoms with Crippen LogP contribution in [0.2, 0.25) is 5.02 Å². The first-order chi connectivity index (χ1) is 11.1. The molecule has 3 rings (SSSR count). The Morgan fingerprint density at radius 1 is 1.26 bits per heavy atom. The van der Waals surface area contributed by atoms with Crippen LogP contribution < -0.4 is 0 Å². The smallest absolute Gasteiger partial charge is 0.254 e. The maximum Gasteiger partial charge on any atom is 0.254 e. The van der Waals surface area contributed by atoms with Crippen LogP contribution in [0.5, 0.6) is 0 Å². The minimum atomic E-state index is -0.542. The van der Waals surface area contributed by atoms with Crippen molar-refractivity contribution < 1.29 is 13.9 Å². The molecule has 23 heavy (non-hydrogen) atoms. The summed E-state index contributed by atoms with van der Waals surface area (Å²) in [5.41, 5.74) is 0.376. The number of hydrogen-bond donors (Lipinski definition) is 0. The van der Waals surface area contributed by atoms with E-state index in [1.807, 2.05) is 4.90 Å². The van der Waals surface area contributed by atoms with E-state index in [-0.39, 0.29) is 17.0 Å². The van der Waals surface area contributed by atoms with Crippen LogP contribution in [0, 0.1) is 5.82 Å². The number of halogens is 2. The summed E-state index contributed by atoms with van der Waals surface area (Å²) in [7, 11) is 0. The van der Waals surface area contributed by atoms with Gasteiger partial charge in [0.05, 0.1) is 18.2 Å². The van der Waals surface area contributed by atoms with E-state index in [0.717, 1.165) is 58.7 Å². The second kappa shape index (κ2) is 7.60. The van der Waals surface area contributed by atoms with Crippen LogP contribution in [-0.4, -0.2) is 61.1 Å². The van der Waals surface area contributed by atoms with Gasteiger partial charge in [0, 0.05) is 37.8 Å². The third kappa shape index (κ3) is 4.03. The molecule has 1 atom stereocenters. The Hall–Kier alpha value is -1.17. The molecule has 1 aromatic rings. The Labute approximate surface area is 141 Å². The first-order valence-electron chi connectivity index (χ1n) is 8.21. The number of carbonyl (C=O) groups excluding carboxylic acids is 1. The molecule has 0 N–H and O–H groups in total. The van der Waals surface area contributed by atoms with Crippen LogP contribution in [0.25, 0.3) is 0 Å². The quantitative estimate of drug-likeness (QED) is 0.848. The Morgan fingerprint density at radius 3 is 2.78 bits per heavy atom. The highest BCUT2D eigenvalue weighted by Crippen LogP contribution is 2.23. The van der Waals surface area contributed by atoms with Gasteiger partial charge in [-0.1, -0.05) is 11.6 Å². The fraction of sp³-hybridized carbons (Fsp3) is 0.588. The Kier molecular flexibility index (Phi) is 5.51. The van der Waals surface area contributed by atoms with Crippen molar-refractivity contribution in [2.45, 2.75) is 25.3 Å². The summed E-state index contributed by atoms with van der Waals surface area (Å²) in [5.74, 6) is -0.641. The average Bonchev–Trinajstić information content (AvgIpc) is 2.58. The zero-order valence-electron chi connectivity index (χ0n) is 13.1. The summed E-state index contributed by atoms with van der Waals surface area (Å²) in [6.07, 6.45) is 3.13. The predicted molar refractivity (Wildman–Crippen MR) is 87.3 cm³/mol. The first kappa shape index (κ1) is 16.7. The second-order valence-electron chi connectivity index (χ2n) is 6.19. The Morgan fingerprint density at radius 2 is 2.04 bits per heavy atom.